The van der Waals surface area contributed by atoms with Gasteiger partial charge in [0.25, 0.3) is 15.7 Å². The van der Waals surface area contributed by atoms with Crippen LogP contribution in [0.4, 0.5) is 15.8 Å². The van der Waals surface area contributed by atoms with Gasteiger partial charge in [-0.05, 0) is 50.6 Å². The molecule has 2 amide bonds. The van der Waals surface area contributed by atoms with Crippen molar-refractivity contribution in [3.8, 4) is 5.75 Å². The Hall–Kier alpha value is -4.23. The van der Waals surface area contributed by atoms with Gasteiger partial charge in [-0.1, -0.05) is 49.2 Å². The molecule has 236 valence electrons. The number of unbranched alkanes of at least 4 members (excludes halogenated alkanes) is 1. The number of rotatable bonds is 14. The molecule has 0 spiro atoms. The summed E-state index contributed by atoms with van der Waals surface area (Å²) in [6.45, 7) is 4.01. The lowest BCUT2D eigenvalue weighted by atomic mass is 10.1. The Balaban J connectivity index is 2.14. The zero-order valence-corrected chi connectivity index (χ0v) is 26.3. The van der Waals surface area contributed by atoms with Crippen molar-refractivity contribution in [1.82, 2.24) is 10.2 Å². The second kappa shape index (κ2) is 15.0. The Kier molecular flexibility index (Phi) is 11.7. The number of nitro benzene ring substituents is 1. The number of aryl methyl sites for hydroxylation is 1. The molecular weight excluding hydrogens is 615 g/mol. The molecule has 0 fully saturated rings. The van der Waals surface area contributed by atoms with Crippen molar-refractivity contribution in [2.45, 2.75) is 51.1 Å². The lowest BCUT2D eigenvalue weighted by molar-refractivity contribution is -0.385. The first-order chi connectivity index (χ1) is 20.8. The molecule has 3 rings (SSSR count). The van der Waals surface area contributed by atoms with Crippen LogP contribution in [0.15, 0.2) is 65.6 Å². The highest BCUT2D eigenvalue weighted by molar-refractivity contribution is 7.92. The van der Waals surface area contributed by atoms with Gasteiger partial charge in [0.2, 0.25) is 11.8 Å². The molecule has 0 aliphatic rings. The Bertz CT molecular complexity index is 1640. The lowest BCUT2D eigenvalue weighted by Gasteiger charge is -2.32. The van der Waals surface area contributed by atoms with Gasteiger partial charge in [0.1, 0.15) is 24.2 Å². The topological polar surface area (TPSA) is 139 Å². The molecule has 14 heteroatoms. The third-order valence-corrected chi connectivity index (χ3v) is 8.94. The first-order valence-corrected chi connectivity index (χ1v) is 15.6. The van der Waals surface area contributed by atoms with Gasteiger partial charge in [-0.3, -0.25) is 24.0 Å². The van der Waals surface area contributed by atoms with Gasteiger partial charge in [0.15, 0.2) is 0 Å². The second-order valence-corrected chi connectivity index (χ2v) is 12.3. The normalized spacial score (nSPS) is 11.9. The van der Waals surface area contributed by atoms with E-state index in [0.29, 0.717) is 17.3 Å². The number of carbonyl (C=O) groups is 2. The molecule has 3 aromatic carbocycles. The van der Waals surface area contributed by atoms with E-state index in [0.717, 1.165) is 17.4 Å². The van der Waals surface area contributed by atoms with Crippen LogP contribution in [-0.2, 0) is 26.2 Å². The zero-order valence-electron chi connectivity index (χ0n) is 24.7. The van der Waals surface area contributed by atoms with Gasteiger partial charge in [-0.15, -0.1) is 0 Å². The van der Waals surface area contributed by atoms with Gasteiger partial charge >= 0.3 is 0 Å². The van der Waals surface area contributed by atoms with Crippen molar-refractivity contribution < 1.29 is 32.1 Å². The Labute approximate surface area is 260 Å². The fourth-order valence-electron chi connectivity index (χ4n) is 4.37. The van der Waals surface area contributed by atoms with E-state index in [1.807, 2.05) is 6.92 Å². The number of carbonyl (C=O) groups excluding carboxylic acids is 2. The van der Waals surface area contributed by atoms with E-state index in [4.69, 9.17) is 16.3 Å². The van der Waals surface area contributed by atoms with E-state index < -0.39 is 55.7 Å². The Morgan fingerprint density at radius 1 is 1.14 bits per heavy atom. The Morgan fingerprint density at radius 2 is 1.84 bits per heavy atom. The predicted molar refractivity (Wildman–Crippen MR) is 165 cm³/mol. The summed E-state index contributed by atoms with van der Waals surface area (Å²) in [5.41, 5.74) is -0.217. The van der Waals surface area contributed by atoms with Crippen molar-refractivity contribution in [2.24, 2.45) is 0 Å². The molecule has 0 saturated heterocycles. The first-order valence-electron chi connectivity index (χ1n) is 13.7. The Morgan fingerprint density at radius 3 is 2.48 bits per heavy atom. The van der Waals surface area contributed by atoms with Gasteiger partial charge in [-0.2, -0.15) is 0 Å². The summed E-state index contributed by atoms with van der Waals surface area (Å²) in [6, 6.07) is 12.1. The standard InChI is InChI=1S/C30H34ClFN4O7S/c1-5-6-15-33-30(38)21(3)34(18-22-9-7-8-10-25(22)32)29(37)19-35(27-16-23(31)12-14-28(27)43-4)44(41,42)24-13-11-20(2)26(17-24)36(39)40/h7-14,16-17,21H,5-6,15,18-19H2,1-4H3,(H,33,38). The summed E-state index contributed by atoms with van der Waals surface area (Å²) < 4.78 is 49.1. The molecule has 11 nitrogen and oxygen atoms in total. The third kappa shape index (κ3) is 8.03. The van der Waals surface area contributed by atoms with Gasteiger partial charge < -0.3 is 15.0 Å². The molecule has 0 aliphatic carbocycles. The van der Waals surface area contributed by atoms with Gasteiger partial charge in [-0.25, -0.2) is 12.8 Å². The number of ether oxygens (including phenoxy) is 1. The van der Waals surface area contributed by atoms with Crippen LogP contribution in [0.3, 0.4) is 0 Å². The van der Waals surface area contributed by atoms with Gasteiger partial charge in [0, 0.05) is 35.3 Å². The number of halogens is 2. The summed E-state index contributed by atoms with van der Waals surface area (Å²) in [7, 11) is -3.39. The average Bonchev–Trinajstić information content (AvgIpc) is 2.98. The minimum Gasteiger partial charge on any atom is -0.495 e. The number of amides is 2. The summed E-state index contributed by atoms with van der Waals surface area (Å²) >= 11 is 6.22. The number of anilines is 1. The molecule has 0 heterocycles. The maximum Gasteiger partial charge on any atom is 0.273 e. The first kappa shape index (κ1) is 34.3. The van der Waals surface area contributed by atoms with Crippen LogP contribution < -0.4 is 14.4 Å². The smallest absolute Gasteiger partial charge is 0.273 e. The van der Waals surface area contributed by atoms with Crippen LogP contribution in [0.2, 0.25) is 5.02 Å². The van der Waals surface area contributed by atoms with E-state index >= 15 is 0 Å². The molecule has 3 aromatic rings. The number of nitrogens with one attached hydrogen (secondary N) is 1. The second-order valence-electron chi connectivity index (χ2n) is 9.97. The van der Waals surface area contributed by atoms with Gasteiger partial charge in [0.05, 0.1) is 22.6 Å². The maximum absolute atomic E-state index is 14.7. The minimum atomic E-state index is -4.68. The molecule has 0 radical (unpaired) electrons. The van der Waals surface area contributed by atoms with Crippen LogP contribution in [0, 0.1) is 22.9 Å². The SMILES string of the molecule is CCCCNC(=O)C(C)N(Cc1ccccc1F)C(=O)CN(c1cc(Cl)ccc1OC)S(=O)(=O)c1ccc(C)c([N+](=O)[O-])c1. The van der Waals surface area contributed by atoms with E-state index in [1.54, 1.807) is 6.07 Å². The highest BCUT2D eigenvalue weighted by atomic mass is 35.5. The summed E-state index contributed by atoms with van der Waals surface area (Å²) in [6.07, 6.45) is 1.51. The molecule has 0 aliphatic heterocycles. The molecule has 0 saturated carbocycles. The van der Waals surface area contributed by atoms with Crippen molar-refractivity contribution in [1.29, 1.82) is 0 Å². The summed E-state index contributed by atoms with van der Waals surface area (Å²) in [5.74, 6) is -1.93. The molecule has 44 heavy (non-hydrogen) atoms. The summed E-state index contributed by atoms with van der Waals surface area (Å²) in [5, 5.41) is 14.5. The number of methoxy groups -OCH3 is 1. The highest BCUT2D eigenvalue weighted by Crippen LogP contribution is 2.36. The van der Waals surface area contributed by atoms with Crippen molar-refractivity contribution >= 4 is 44.8 Å². The molecule has 0 bridgehead atoms. The number of benzene rings is 3. The molecule has 1 unspecified atom stereocenters. The predicted octanol–water partition coefficient (Wildman–Crippen LogP) is 5.23. The van der Waals surface area contributed by atoms with E-state index in [1.165, 1.54) is 69.5 Å². The average molecular weight is 649 g/mol. The lowest BCUT2D eigenvalue weighted by Crippen LogP contribution is -2.51. The van der Waals surface area contributed by atoms with Crippen molar-refractivity contribution in [2.75, 3.05) is 24.5 Å². The molecule has 1 N–H and O–H groups in total. The highest BCUT2D eigenvalue weighted by Gasteiger charge is 2.35. The number of hydrogen-bond acceptors (Lipinski definition) is 7. The van der Waals surface area contributed by atoms with E-state index in [2.05, 4.69) is 5.32 Å². The molecule has 1 atom stereocenters. The largest absolute Gasteiger partial charge is 0.495 e. The zero-order chi connectivity index (χ0) is 32.6. The van der Waals surface area contributed by atoms with Crippen LogP contribution in [0.5, 0.6) is 5.75 Å². The van der Waals surface area contributed by atoms with E-state index in [9.17, 15) is 32.5 Å². The van der Waals surface area contributed by atoms with Crippen LogP contribution in [0.25, 0.3) is 0 Å². The fraction of sp³-hybridized carbons (Fsp3) is 0.333. The van der Waals surface area contributed by atoms with Crippen LogP contribution >= 0.6 is 11.6 Å². The monoisotopic (exact) mass is 648 g/mol. The van der Waals surface area contributed by atoms with Crippen LogP contribution in [0.1, 0.15) is 37.8 Å². The number of hydrogen-bond donors (Lipinski definition) is 1. The van der Waals surface area contributed by atoms with Crippen molar-refractivity contribution in [3.63, 3.8) is 0 Å². The minimum absolute atomic E-state index is 0.0402. The quantitative estimate of drug-likeness (QED) is 0.143. The van der Waals surface area contributed by atoms with Crippen molar-refractivity contribution in [3.05, 3.63) is 92.7 Å². The number of nitrogens with zero attached hydrogens (tertiary/aromatic N) is 3. The fourth-order valence-corrected chi connectivity index (χ4v) is 5.98. The number of sulfonamides is 1. The van der Waals surface area contributed by atoms with Crippen LogP contribution in [-0.4, -0.2) is 56.3 Å². The molecule has 0 aromatic heterocycles. The maximum atomic E-state index is 14.7. The van der Waals surface area contributed by atoms with E-state index in [-0.39, 0.29) is 34.1 Å². The number of nitro groups is 1. The summed E-state index contributed by atoms with van der Waals surface area (Å²) in [4.78, 5) is 38.6. The third-order valence-electron chi connectivity index (χ3n) is 6.95. The molecular formula is C30H34ClFN4O7S.